The Morgan fingerprint density at radius 3 is 2.23 bits per heavy atom. The van der Waals surface area contributed by atoms with Gasteiger partial charge in [-0.3, -0.25) is 4.90 Å². The Balaban J connectivity index is 1.49. The molecule has 7 heteroatoms. The number of nitrogens with zero attached hydrogens (tertiary/aromatic N) is 1. The molecule has 26 heavy (non-hydrogen) atoms. The van der Waals surface area contributed by atoms with E-state index in [0.717, 1.165) is 37.5 Å². The van der Waals surface area contributed by atoms with Gasteiger partial charge in [0.05, 0.1) is 24.4 Å². The number of morpholine rings is 1. The topological polar surface area (TPSA) is 60.4 Å². The Morgan fingerprint density at radius 1 is 1.08 bits per heavy atom. The van der Waals surface area contributed by atoms with Gasteiger partial charge in [-0.2, -0.15) is 0 Å². The van der Waals surface area contributed by atoms with Crippen LogP contribution >= 0.6 is 0 Å². The summed E-state index contributed by atoms with van der Waals surface area (Å²) >= 11 is 0. The van der Waals surface area contributed by atoms with Crippen molar-refractivity contribution >= 4 is 12.6 Å². The summed E-state index contributed by atoms with van der Waals surface area (Å²) in [5, 5.41) is 10.2. The van der Waals surface area contributed by atoms with Crippen LogP contribution in [0.1, 0.15) is 27.7 Å². The summed E-state index contributed by atoms with van der Waals surface area (Å²) in [6.07, 6.45) is -0.518. The minimum atomic E-state index is -0.518. The van der Waals surface area contributed by atoms with Crippen molar-refractivity contribution in [1.82, 2.24) is 4.90 Å². The summed E-state index contributed by atoms with van der Waals surface area (Å²) in [4.78, 5) is 2.19. The second-order valence-electron chi connectivity index (χ2n) is 8.04. The highest BCUT2D eigenvalue weighted by molar-refractivity contribution is 6.62. The van der Waals surface area contributed by atoms with Gasteiger partial charge in [0.15, 0.2) is 0 Å². The monoisotopic (exact) mass is 363 g/mol. The second-order valence-corrected chi connectivity index (χ2v) is 8.04. The normalized spacial score (nSPS) is 23.8. The second kappa shape index (κ2) is 7.86. The Bertz CT molecular complexity index is 570. The minimum Gasteiger partial charge on any atom is -0.491 e. The van der Waals surface area contributed by atoms with E-state index in [-0.39, 0.29) is 24.9 Å². The van der Waals surface area contributed by atoms with Gasteiger partial charge < -0.3 is 23.9 Å². The summed E-state index contributed by atoms with van der Waals surface area (Å²) in [6, 6.07) is 7.68. The highest BCUT2D eigenvalue weighted by atomic mass is 16.7. The van der Waals surface area contributed by atoms with Crippen LogP contribution in [0, 0.1) is 0 Å². The van der Waals surface area contributed by atoms with Crippen molar-refractivity contribution < 1.29 is 23.9 Å². The summed E-state index contributed by atoms with van der Waals surface area (Å²) in [6.45, 7) is 12.2. The van der Waals surface area contributed by atoms with Crippen molar-refractivity contribution in [2.24, 2.45) is 0 Å². The van der Waals surface area contributed by atoms with Gasteiger partial charge in [-0.05, 0) is 45.3 Å². The largest absolute Gasteiger partial charge is 0.494 e. The maximum Gasteiger partial charge on any atom is 0.494 e. The van der Waals surface area contributed by atoms with Crippen molar-refractivity contribution in [2.45, 2.75) is 45.0 Å². The number of β-amino-alcohol motifs (C(OH)–C–C–N with tert-alkyl or cyclic N) is 1. The molecule has 2 fully saturated rings. The Hall–Kier alpha value is -1.12. The molecule has 0 saturated carbocycles. The van der Waals surface area contributed by atoms with Crippen LogP contribution < -0.4 is 10.2 Å². The third-order valence-electron chi connectivity index (χ3n) is 5.42. The van der Waals surface area contributed by atoms with E-state index in [4.69, 9.17) is 18.8 Å². The lowest BCUT2D eigenvalue weighted by molar-refractivity contribution is 0.00465. The van der Waals surface area contributed by atoms with E-state index >= 15 is 0 Å². The maximum atomic E-state index is 10.2. The van der Waals surface area contributed by atoms with Crippen LogP contribution in [0.3, 0.4) is 0 Å². The molecule has 1 aromatic rings. The lowest BCUT2D eigenvalue weighted by Gasteiger charge is -2.32. The fourth-order valence-electron chi connectivity index (χ4n) is 3.03. The molecule has 1 N–H and O–H groups in total. The van der Waals surface area contributed by atoms with Gasteiger partial charge in [0, 0.05) is 19.6 Å². The van der Waals surface area contributed by atoms with Crippen LogP contribution in [0.4, 0.5) is 0 Å². The van der Waals surface area contributed by atoms with E-state index in [0.29, 0.717) is 6.54 Å². The fourth-order valence-corrected chi connectivity index (χ4v) is 3.03. The highest BCUT2D eigenvalue weighted by Crippen LogP contribution is 2.36. The molecule has 3 rings (SSSR count). The summed E-state index contributed by atoms with van der Waals surface area (Å²) < 4.78 is 23.1. The van der Waals surface area contributed by atoms with Crippen LogP contribution in [0.5, 0.6) is 5.75 Å². The average molecular weight is 363 g/mol. The van der Waals surface area contributed by atoms with E-state index in [9.17, 15) is 5.11 Å². The van der Waals surface area contributed by atoms with Gasteiger partial charge in [0.1, 0.15) is 18.5 Å². The molecule has 1 atom stereocenters. The van der Waals surface area contributed by atoms with Gasteiger partial charge >= 0.3 is 7.12 Å². The van der Waals surface area contributed by atoms with Crippen LogP contribution in [0.15, 0.2) is 24.3 Å². The molecule has 2 heterocycles. The number of hydrogen-bond acceptors (Lipinski definition) is 6. The molecular formula is C19H30BNO5. The van der Waals surface area contributed by atoms with Crippen molar-refractivity contribution in [1.29, 1.82) is 0 Å². The lowest BCUT2D eigenvalue weighted by atomic mass is 9.79. The van der Waals surface area contributed by atoms with E-state index in [1.165, 1.54) is 0 Å². The maximum absolute atomic E-state index is 10.2. The molecule has 0 aromatic heterocycles. The molecule has 0 radical (unpaired) electrons. The van der Waals surface area contributed by atoms with Crippen molar-refractivity contribution in [2.75, 3.05) is 39.5 Å². The highest BCUT2D eigenvalue weighted by Gasteiger charge is 2.51. The van der Waals surface area contributed by atoms with E-state index < -0.39 is 6.10 Å². The zero-order valence-electron chi connectivity index (χ0n) is 16.2. The van der Waals surface area contributed by atoms with Crippen molar-refractivity contribution in [3.63, 3.8) is 0 Å². The fraction of sp³-hybridized carbons (Fsp3) is 0.684. The van der Waals surface area contributed by atoms with Gasteiger partial charge in [0.25, 0.3) is 0 Å². The summed E-state index contributed by atoms with van der Waals surface area (Å²) in [7, 11) is -0.374. The van der Waals surface area contributed by atoms with Crippen LogP contribution in [-0.2, 0) is 14.0 Å². The predicted molar refractivity (Wildman–Crippen MR) is 101 cm³/mol. The molecule has 2 saturated heterocycles. The molecule has 2 aliphatic heterocycles. The van der Waals surface area contributed by atoms with Gasteiger partial charge in [-0.1, -0.05) is 12.1 Å². The van der Waals surface area contributed by atoms with Gasteiger partial charge in [-0.15, -0.1) is 0 Å². The third kappa shape index (κ3) is 4.59. The SMILES string of the molecule is CC1(C)OB(c2ccc(OCC(O)CN3CCOCC3)cc2)OC1(C)C. The van der Waals surface area contributed by atoms with Crippen LogP contribution in [0.25, 0.3) is 0 Å². The third-order valence-corrected chi connectivity index (χ3v) is 5.42. The van der Waals surface area contributed by atoms with Gasteiger partial charge in [0.2, 0.25) is 0 Å². The summed E-state index contributed by atoms with van der Waals surface area (Å²) in [5.74, 6) is 0.728. The number of benzene rings is 1. The molecule has 0 bridgehead atoms. The number of rotatable bonds is 6. The molecular weight excluding hydrogens is 333 g/mol. The van der Waals surface area contributed by atoms with Crippen molar-refractivity contribution in [3.05, 3.63) is 24.3 Å². The van der Waals surface area contributed by atoms with Gasteiger partial charge in [-0.25, -0.2) is 0 Å². The van der Waals surface area contributed by atoms with E-state index in [1.807, 2.05) is 52.0 Å². The van der Waals surface area contributed by atoms with Crippen molar-refractivity contribution in [3.8, 4) is 5.75 Å². The Labute approximate surface area is 156 Å². The number of aliphatic hydroxyl groups excluding tert-OH is 1. The lowest BCUT2D eigenvalue weighted by Crippen LogP contribution is -2.42. The zero-order chi connectivity index (χ0) is 18.8. The Kier molecular flexibility index (Phi) is 5.94. The first kappa shape index (κ1) is 19.6. The number of ether oxygens (including phenoxy) is 2. The number of aliphatic hydroxyl groups is 1. The first-order chi connectivity index (χ1) is 12.3. The average Bonchev–Trinajstić information content (AvgIpc) is 2.82. The summed E-state index contributed by atoms with van der Waals surface area (Å²) in [5.41, 5.74) is 0.261. The van der Waals surface area contributed by atoms with Crippen LogP contribution in [0.2, 0.25) is 0 Å². The molecule has 0 spiro atoms. The molecule has 144 valence electrons. The molecule has 1 unspecified atom stereocenters. The zero-order valence-corrected chi connectivity index (χ0v) is 16.2. The van der Waals surface area contributed by atoms with Crippen LogP contribution in [-0.4, -0.2) is 73.9 Å². The first-order valence-electron chi connectivity index (χ1n) is 9.33. The number of hydrogen-bond donors (Lipinski definition) is 1. The standard InChI is InChI=1S/C19H30BNO5/c1-18(2)19(3,4)26-20(25-18)15-5-7-17(8-6-15)24-14-16(22)13-21-9-11-23-12-10-21/h5-8,16,22H,9-14H2,1-4H3. The van der Waals surface area contributed by atoms with E-state index in [2.05, 4.69) is 4.90 Å². The molecule has 6 nitrogen and oxygen atoms in total. The molecule has 0 amide bonds. The molecule has 2 aliphatic rings. The quantitative estimate of drug-likeness (QED) is 0.763. The first-order valence-corrected chi connectivity index (χ1v) is 9.33. The molecule has 0 aliphatic carbocycles. The predicted octanol–water partition coefficient (Wildman–Crippen LogP) is 1.06. The smallest absolute Gasteiger partial charge is 0.491 e. The minimum absolute atomic E-state index is 0.271. The van der Waals surface area contributed by atoms with E-state index in [1.54, 1.807) is 0 Å². The molecule has 1 aromatic carbocycles. The Morgan fingerprint density at radius 2 is 1.65 bits per heavy atom.